The van der Waals surface area contributed by atoms with E-state index in [9.17, 15) is 0 Å². The third-order valence-corrected chi connectivity index (χ3v) is 0.0791. The van der Waals surface area contributed by atoms with Crippen LogP contribution in [0.1, 0.15) is 0 Å². The van der Waals surface area contributed by atoms with Crippen molar-refractivity contribution in [1.82, 2.24) is 0 Å². The molecule has 0 aromatic heterocycles. The van der Waals surface area contributed by atoms with E-state index in [1.54, 1.807) is 6.07 Å². The Labute approximate surface area is 45.0 Å². The van der Waals surface area contributed by atoms with Crippen LogP contribution in [-0.2, 0) is 20.4 Å². The van der Waals surface area contributed by atoms with Gasteiger partial charge in [-0.05, 0) is 0 Å². The van der Waals surface area contributed by atoms with Crippen molar-refractivity contribution in [3.05, 3.63) is 12.7 Å². The first-order chi connectivity index (χ1) is 1.91. The largest absolute Gasteiger partial charge is 0.393 e. The van der Waals surface area contributed by atoms with Gasteiger partial charge >= 0.3 is 0 Å². The minimum atomic E-state index is 0. The third-order valence-electron chi connectivity index (χ3n) is 0.0791. The van der Waals surface area contributed by atoms with Crippen LogP contribution in [-0.4, -0.2) is 0 Å². The van der Waals surface area contributed by atoms with Gasteiger partial charge in [-0.3, -0.25) is 6.58 Å². The van der Waals surface area contributed by atoms with Crippen LogP contribution in [0, 0.1) is 17.4 Å². The van der Waals surface area contributed by atoms with Gasteiger partial charge in [0.2, 0.25) is 0 Å². The summed E-state index contributed by atoms with van der Waals surface area (Å²) in [5.41, 5.74) is 0. The topological polar surface area (TPSA) is 23.8 Å². The fraction of sp³-hybridized carbons (Fsp3) is 0. The zero-order valence-corrected chi connectivity index (χ0v) is 5.25. The van der Waals surface area contributed by atoms with Gasteiger partial charge in [0.05, 0.1) is 0 Å². The number of hydrogen-bond acceptors (Lipinski definition) is 1. The minimum Gasteiger partial charge on any atom is -0.393 e. The molecule has 0 fully saturated rings. The molecule has 27 valence electrons. The Morgan fingerprint density at radius 3 is 2.00 bits per heavy atom. The summed E-state index contributed by atoms with van der Waals surface area (Å²) < 4.78 is 0. The van der Waals surface area contributed by atoms with E-state index >= 15 is 0 Å². The quantitative estimate of drug-likeness (QED) is 0.445. The van der Waals surface area contributed by atoms with Gasteiger partial charge in [0.15, 0.2) is 0 Å². The monoisotopic (exact) mass is 239 g/mol. The van der Waals surface area contributed by atoms with Gasteiger partial charge < -0.3 is 6.08 Å². The minimum absolute atomic E-state index is 0. The molecule has 2 heteroatoms. The summed E-state index contributed by atoms with van der Waals surface area (Å²) in [6.45, 7) is 2.99. The fourth-order valence-corrected chi connectivity index (χ4v) is 0. The maximum Gasteiger partial charge on any atom is 0 e. The molecule has 1 nitrogen and oxygen atoms in total. The predicted molar refractivity (Wildman–Crippen MR) is 14.5 cm³/mol. The summed E-state index contributed by atoms with van der Waals surface area (Å²) in [6, 6.07) is 1.57. The molecular weight excluding hydrogens is 236 g/mol. The van der Waals surface area contributed by atoms with Crippen molar-refractivity contribution in [2.45, 2.75) is 0 Å². The molecule has 0 saturated heterocycles. The molecule has 0 N–H and O–H groups in total. The smallest absolute Gasteiger partial charge is 0 e. The number of nitriles is 1. The molecule has 1 radical (unpaired) electrons. The zero-order chi connectivity index (χ0) is 3.41. The summed E-state index contributed by atoms with van der Waals surface area (Å²) in [5.74, 6) is 0. The van der Waals surface area contributed by atoms with Crippen LogP contribution in [0.5, 0.6) is 0 Å². The van der Waals surface area contributed by atoms with Gasteiger partial charge in [-0.2, -0.15) is 0 Å². The standard InChI is InChI=1S/C3H2N.Re/c1-2-3-4;/h1H2;/q-1;. The third kappa shape index (κ3) is 17.5. The summed E-state index contributed by atoms with van der Waals surface area (Å²) in [6.07, 6.45) is 1.99. The molecule has 0 rings (SSSR count). The first kappa shape index (κ1) is 8.86. The first-order valence-corrected chi connectivity index (χ1v) is 0.827. The van der Waals surface area contributed by atoms with E-state index in [1.165, 1.54) is 0 Å². The summed E-state index contributed by atoms with van der Waals surface area (Å²) in [4.78, 5) is 0. The van der Waals surface area contributed by atoms with Crippen LogP contribution in [0.25, 0.3) is 0 Å². The van der Waals surface area contributed by atoms with Crippen molar-refractivity contribution in [1.29, 1.82) is 5.26 Å². The van der Waals surface area contributed by atoms with Crippen molar-refractivity contribution in [2.24, 2.45) is 0 Å². The Morgan fingerprint density at radius 1 is 1.80 bits per heavy atom. The van der Waals surface area contributed by atoms with Gasteiger partial charge in [-0.1, -0.05) is 0 Å². The fourth-order valence-electron chi connectivity index (χ4n) is 0. The van der Waals surface area contributed by atoms with E-state index in [0.29, 0.717) is 0 Å². The Balaban J connectivity index is 0. The Hall–Kier alpha value is -0.108. The Kier molecular flexibility index (Phi) is 16.1. The molecule has 0 aliphatic heterocycles. The van der Waals surface area contributed by atoms with Gasteiger partial charge in [0.1, 0.15) is 0 Å². The molecule has 5 heavy (non-hydrogen) atoms. The average Bonchev–Trinajstić information content (AvgIpc) is 1.37. The average molecular weight is 238 g/mol. The normalized spacial score (nSPS) is 3.00. The van der Waals surface area contributed by atoms with E-state index < -0.39 is 0 Å². The van der Waals surface area contributed by atoms with Gasteiger partial charge in [0, 0.05) is 20.4 Å². The second kappa shape index (κ2) is 9.09. The molecule has 0 unspecified atom stereocenters. The molecule has 0 aromatic carbocycles. The van der Waals surface area contributed by atoms with Crippen molar-refractivity contribution >= 4 is 0 Å². The van der Waals surface area contributed by atoms with Crippen LogP contribution in [0.15, 0.2) is 6.58 Å². The summed E-state index contributed by atoms with van der Waals surface area (Å²) >= 11 is 0. The number of nitrogens with zero attached hydrogens (tertiary/aromatic N) is 1. The number of hydrogen-bond donors (Lipinski definition) is 0. The Bertz CT molecular complexity index is 52.4. The molecule has 0 aromatic rings. The van der Waals surface area contributed by atoms with E-state index in [1.807, 2.05) is 6.08 Å². The first-order valence-electron chi connectivity index (χ1n) is 0.827. The number of allylic oxidation sites excluding steroid dienone is 1. The Morgan fingerprint density at radius 2 is 2.00 bits per heavy atom. The van der Waals surface area contributed by atoms with Crippen LogP contribution in [0.4, 0.5) is 0 Å². The second-order valence-corrected chi connectivity index (χ2v) is 0.289. The van der Waals surface area contributed by atoms with Gasteiger partial charge in [-0.15, -0.1) is 6.07 Å². The molecule has 0 bridgehead atoms. The molecular formula is C3H2NRe-. The molecule has 0 atom stereocenters. The zero-order valence-electron chi connectivity index (χ0n) is 2.53. The SMILES string of the molecule is C=[C-]C#N.[Re]. The molecule has 0 spiro atoms. The van der Waals surface area contributed by atoms with E-state index in [4.69, 9.17) is 5.26 Å². The predicted octanol–water partition coefficient (Wildman–Crippen LogP) is 0.497. The van der Waals surface area contributed by atoms with Crippen molar-refractivity contribution in [2.75, 3.05) is 0 Å². The van der Waals surface area contributed by atoms with Crippen LogP contribution < -0.4 is 0 Å². The van der Waals surface area contributed by atoms with E-state index in [0.717, 1.165) is 0 Å². The maximum atomic E-state index is 7.45. The van der Waals surface area contributed by atoms with Gasteiger partial charge in [-0.25, -0.2) is 5.26 Å². The second-order valence-electron chi connectivity index (χ2n) is 0.289. The molecule has 0 heterocycles. The van der Waals surface area contributed by atoms with Gasteiger partial charge in [0.25, 0.3) is 0 Å². The van der Waals surface area contributed by atoms with Crippen LogP contribution >= 0.6 is 0 Å². The molecule has 0 amide bonds. The maximum absolute atomic E-state index is 7.45. The molecule has 0 aliphatic carbocycles. The van der Waals surface area contributed by atoms with E-state index in [-0.39, 0.29) is 20.4 Å². The van der Waals surface area contributed by atoms with Crippen LogP contribution in [0.3, 0.4) is 0 Å². The summed E-state index contributed by atoms with van der Waals surface area (Å²) in [7, 11) is 0. The number of rotatable bonds is 0. The molecule has 0 saturated carbocycles. The van der Waals surface area contributed by atoms with Crippen molar-refractivity contribution in [3.63, 3.8) is 0 Å². The van der Waals surface area contributed by atoms with Crippen molar-refractivity contribution in [3.8, 4) is 6.07 Å². The molecule has 0 aliphatic rings. The van der Waals surface area contributed by atoms with E-state index in [2.05, 4.69) is 6.58 Å². The van der Waals surface area contributed by atoms with Crippen LogP contribution in [0.2, 0.25) is 0 Å². The van der Waals surface area contributed by atoms with Crippen molar-refractivity contribution < 1.29 is 20.4 Å². The summed E-state index contributed by atoms with van der Waals surface area (Å²) in [5, 5.41) is 7.45.